The van der Waals surface area contributed by atoms with E-state index >= 15 is 0 Å². The largest absolute Gasteiger partial charge is 0.462 e. The van der Waals surface area contributed by atoms with E-state index in [0.717, 1.165) is 17.2 Å². The van der Waals surface area contributed by atoms with Gasteiger partial charge >= 0.3 is 17.9 Å². The van der Waals surface area contributed by atoms with E-state index in [0.29, 0.717) is 34.6 Å². The minimum absolute atomic E-state index is 0.113. The van der Waals surface area contributed by atoms with Crippen molar-refractivity contribution in [3.8, 4) is 22.6 Å². The molecule has 3 rings (SSSR count). The number of carbonyl (C=O) groups excluding carboxylic acids is 3. The van der Waals surface area contributed by atoms with Crippen LogP contribution in [-0.2, 0) is 25.5 Å². The molecule has 0 aromatic heterocycles. The topological polar surface area (TPSA) is 78.9 Å². The second-order valence-electron chi connectivity index (χ2n) is 8.50. The zero-order valence-corrected chi connectivity index (χ0v) is 21.2. The number of hydrogen-bond donors (Lipinski definition) is 0. The summed E-state index contributed by atoms with van der Waals surface area (Å²) in [6.07, 6.45) is 2.83. The highest BCUT2D eigenvalue weighted by molar-refractivity contribution is 5.89. The Morgan fingerprint density at radius 3 is 1.87 bits per heavy atom. The summed E-state index contributed by atoms with van der Waals surface area (Å²) in [6, 6.07) is 18.4. The van der Waals surface area contributed by atoms with Crippen molar-refractivity contribution in [2.45, 2.75) is 20.3 Å². The van der Waals surface area contributed by atoms with Crippen molar-refractivity contribution in [3.05, 3.63) is 114 Å². The molecule has 0 saturated carbocycles. The Bertz CT molecular complexity index is 1380. The first-order chi connectivity index (χ1) is 18.1. The second kappa shape index (κ2) is 13.0. The molecule has 194 valence electrons. The van der Waals surface area contributed by atoms with Crippen LogP contribution in [0.25, 0.3) is 17.2 Å². The third-order valence-corrected chi connectivity index (χ3v) is 5.26. The van der Waals surface area contributed by atoms with Gasteiger partial charge in [0.2, 0.25) is 0 Å². The number of carbonyl (C=O) groups is 3. The molecule has 6 nitrogen and oxygen atoms in total. The van der Waals surface area contributed by atoms with Gasteiger partial charge in [0.1, 0.15) is 17.3 Å². The molecule has 0 N–H and O–H groups in total. The molecule has 7 heteroatoms. The maximum absolute atomic E-state index is 14.4. The van der Waals surface area contributed by atoms with Crippen molar-refractivity contribution in [2.24, 2.45) is 0 Å². The Labute approximate surface area is 220 Å². The van der Waals surface area contributed by atoms with Crippen molar-refractivity contribution >= 4 is 24.0 Å². The highest BCUT2D eigenvalue weighted by atomic mass is 19.1. The monoisotopic (exact) mass is 514 g/mol. The molecule has 0 heterocycles. The fourth-order valence-corrected chi connectivity index (χ4v) is 3.18. The van der Waals surface area contributed by atoms with Crippen LogP contribution in [0.4, 0.5) is 4.39 Å². The zero-order valence-electron chi connectivity index (χ0n) is 21.2. The van der Waals surface area contributed by atoms with Crippen LogP contribution in [0.5, 0.6) is 11.5 Å². The van der Waals surface area contributed by atoms with Gasteiger partial charge in [-0.05, 0) is 66.9 Å². The average Bonchev–Trinajstić information content (AvgIpc) is 2.89. The quantitative estimate of drug-likeness (QED) is 0.181. The molecule has 3 aromatic carbocycles. The van der Waals surface area contributed by atoms with Crippen LogP contribution in [-0.4, -0.2) is 24.5 Å². The molecule has 0 amide bonds. The molecule has 0 aliphatic carbocycles. The number of hydrogen-bond acceptors (Lipinski definition) is 6. The first kappa shape index (κ1) is 27.8. The van der Waals surface area contributed by atoms with Crippen LogP contribution in [0.3, 0.4) is 0 Å². The van der Waals surface area contributed by atoms with Crippen LogP contribution in [0, 0.1) is 5.82 Å². The minimum atomic E-state index is -0.656. The maximum atomic E-state index is 14.4. The number of benzene rings is 3. The number of esters is 3. The van der Waals surface area contributed by atoms with Crippen LogP contribution in [0.2, 0.25) is 0 Å². The van der Waals surface area contributed by atoms with E-state index in [9.17, 15) is 18.8 Å². The number of ether oxygens (including phenoxy) is 3. The lowest BCUT2D eigenvalue weighted by atomic mass is 10.1. The number of rotatable bonds is 10. The normalized spacial score (nSPS) is 10.6. The first-order valence-corrected chi connectivity index (χ1v) is 11.7. The van der Waals surface area contributed by atoms with Gasteiger partial charge < -0.3 is 14.2 Å². The minimum Gasteiger partial charge on any atom is -0.462 e. The van der Waals surface area contributed by atoms with Gasteiger partial charge in [0.25, 0.3) is 0 Å². The summed E-state index contributed by atoms with van der Waals surface area (Å²) in [4.78, 5) is 35.2. The van der Waals surface area contributed by atoms with Crippen molar-refractivity contribution < 1.29 is 33.0 Å². The summed E-state index contributed by atoms with van der Waals surface area (Å²) in [6.45, 7) is 10.3. The second-order valence-corrected chi connectivity index (χ2v) is 8.50. The van der Waals surface area contributed by atoms with E-state index in [1.807, 2.05) is 0 Å². The molecule has 0 bridgehead atoms. The van der Waals surface area contributed by atoms with E-state index in [2.05, 4.69) is 13.2 Å². The van der Waals surface area contributed by atoms with E-state index in [-0.39, 0.29) is 12.2 Å². The fraction of sp³-hybridized carbons (Fsp3) is 0.129. The lowest BCUT2D eigenvalue weighted by Gasteiger charge is -2.07. The predicted molar refractivity (Wildman–Crippen MR) is 143 cm³/mol. The van der Waals surface area contributed by atoms with Gasteiger partial charge in [0.15, 0.2) is 0 Å². The summed E-state index contributed by atoms with van der Waals surface area (Å²) in [5, 5.41) is 0. The molecule has 38 heavy (non-hydrogen) atoms. The molecule has 0 radical (unpaired) electrons. The molecule has 3 aromatic rings. The molecular formula is C31H27FO6. The first-order valence-electron chi connectivity index (χ1n) is 11.7. The fourth-order valence-electron chi connectivity index (χ4n) is 3.18. The van der Waals surface area contributed by atoms with Crippen LogP contribution in [0.15, 0.2) is 97.1 Å². The van der Waals surface area contributed by atoms with Gasteiger partial charge in [-0.2, -0.15) is 0 Å². The van der Waals surface area contributed by atoms with Crippen molar-refractivity contribution in [3.63, 3.8) is 0 Å². The highest BCUT2D eigenvalue weighted by Crippen LogP contribution is 2.25. The molecule has 0 aliphatic rings. The smallest absolute Gasteiger partial charge is 0.338 e. The molecule has 0 unspecified atom stereocenters. The van der Waals surface area contributed by atoms with Crippen LogP contribution in [0.1, 0.15) is 25.0 Å². The maximum Gasteiger partial charge on any atom is 0.338 e. The molecule has 0 spiro atoms. The third-order valence-electron chi connectivity index (χ3n) is 5.26. The van der Waals surface area contributed by atoms with E-state index < -0.39 is 23.7 Å². The van der Waals surface area contributed by atoms with E-state index in [1.54, 1.807) is 68.4 Å². The van der Waals surface area contributed by atoms with Gasteiger partial charge in [-0.25, -0.2) is 18.8 Å². The Morgan fingerprint density at radius 1 is 0.789 bits per heavy atom. The SMILES string of the molecule is C=C(C)C(=O)OCCc1ccc(/C=C/C(=O)Oc2ccc(-c3ccc(OC(=O)C(=C)C)cc3)cc2)c(F)c1. The summed E-state index contributed by atoms with van der Waals surface area (Å²) in [5.41, 5.74) is 3.24. The van der Waals surface area contributed by atoms with Gasteiger partial charge in [-0.1, -0.05) is 49.6 Å². The van der Waals surface area contributed by atoms with Crippen molar-refractivity contribution in [1.29, 1.82) is 0 Å². The van der Waals surface area contributed by atoms with Crippen LogP contribution >= 0.6 is 0 Å². The Kier molecular flexibility index (Phi) is 9.48. The summed E-state index contributed by atoms with van der Waals surface area (Å²) in [7, 11) is 0. The number of halogens is 1. The van der Waals surface area contributed by atoms with Gasteiger partial charge in [0, 0.05) is 29.2 Å². The summed E-state index contributed by atoms with van der Waals surface area (Å²) in [5.74, 6) is -1.41. The zero-order chi connectivity index (χ0) is 27.7. The standard InChI is InChI=1S/C31H27FO6/c1-20(2)30(34)36-18-17-22-5-6-25(28(32)19-22)11-16-29(33)37-26-12-7-23(8-13-26)24-9-14-27(15-10-24)38-31(35)21(3)4/h5-16,19H,1,3,17-18H2,2,4H3/b16-11+. The average molecular weight is 515 g/mol. The Morgan fingerprint density at radius 2 is 1.34 bits per heavy atom. The Hall–Kier alpha value is -4.78. The van der Waals surface area contributed by atoms with Crippen molar-refractivity contribution in [2.75, 3.05) is 6.61 Å². The molecule has 0 atom stereocenters. The van der Waals surface area contributed by atoms with E-state index in [4.69, 9.17) is 14.2 Å². The molecule has 0 fully saturated rings. The van der Waals surface area contributed by atoms with Gasteiger partial charge in [0.05, 0.1) is 6.61 Å². The molecule has 0 aliphatic heterocycles. The molecule has 0 saturated heterocycles. The van der Waals surface area contributed by atoms with Crippen molar-refractivity contribution in [1.82, 2.24) is 0 Å². The Balaban J connectivity index is 1.54. The lowest BCUT2D eigenvalue weighted by Crippen LogP contribution is -2.08. The predicted octanol–water partition coefficient (Wildman–Crippen LogP) is 6.25. The summed E-state index contributed by atoms with van der Waals surface area (Å²) >= 11 is 0. The van der Waals surface area contributed by atoms with E-state index in [1.165, 1.54) is 18.2 Å². The summed E-state index contributed by atoms with van der Waals surface area (Å²) < 4.78 is 29.9. The lowest BCUT2D eigenvalue weighted by molar-refractivity contribution is -0.138. The van der Waals surface area contributed by atoms with Crippen LogP contribution < -0.4 is 9.47 Å². The highest BCUT2D eigenvalue weighted by Gasteiger charge is 2.08. The third kappa shape index (κ3) is 8.13. The van der Waals surface area contributed by atoms with Gasteiger partial charge in [-0.15, -0.1) is 0 Å². The molecular weight excluding hydrogens is 487 g/mol. The van der Waals surface area contributed by atoms with Gasteiger partial charge in [-0.3, -0.25) is 0 Å².